The van der Waals surface area contributed by atoms with Gasteiger partial charge in [0.25, 0.3) is 0 Å². The summed E-state index contributed by atoms with van der Waals surface area (Å²) in [7, 11) is 0. The summed E-state index contributed by atoms with van der Waals surface area (Å²) in [5.74, 6) is 1.14. The third kappa shape index (κ3) is 4.71. The highest BCUT2D eigenvalue weighted by Gasteiger charge is 2.19. The van der Waals surface area contributed by atoms with Crippen LogP contribution in [-0.4, -0.2) is 36.3 Å². The molecule has 1 aliphatic heterocycles. The molecule has 4 heteroatoms. The number of anilines is 1. The number of aliphatic hydroxyl groups is 1. The van der Waals surface area contributed by atoms with Crippen LogP contribution in [0.25, 0.3) is 10.9 Å². The summed E-state index contributed by atoms with van der Waals surface area (Å²) in [6.45, 7) is 8.55. The first-order valence-electron chi connectivity index (χ1n) is 9.54. The fourth-order valence-corrected chi connectivity index (χ4v) is 3.59. The Morgan fingerprint density at radius 3 is 2.68 bits per heavy atom. The van der Waals surface area contributed by atoms with Crippen LogP contribution < -0.4 is 10.2 Å². The van der Waals surface area contributed by atoms with Gasteiger partial charge in [0.05, 0.1) is 5.52 Å². The first kappa shape index (κ1) is 18.2. The molecule has 0 amide bonds. The highest BCUT2D eigenvalue weighted by Crippen LogP contribution is 2.26. The second kappa shape index (κ2) is 8.15. The number of aliphatic hydroxyl groups excluding tert-OH is 1. The van der Waals surface area contributed by atoms with Crippen LogP contribution in [0.2, 0.25) is 0 Å². The van der Waals surface area contributed by atoms with E-state index < -0.39 is 0 Å². The van der Waals surface area contributed by atoms with Crippen molar-refractivity contribution in [2.75, 3.05) is 31.1 Å². The lowest BCUT2D eigenvalue weighted by molar-refractivity contribution is 0.207. The maximum atomic E-state index is 9.21. The van der Waals surface area contributed by atoms with E-state index in [0.29, 0.717) is 0 Å². The monoisotopic (exact) mass is 341 g/mol. The Kier molecular flexibility index (Phi) is 5.92. The molecule has 2 aromatic rings. The van der Waals surface area contributed by atoms with E-state index in [-0.39, 0.29) is 12.0 Å². The number of aromatic nitrogens is 1. The van der Waals surface area contributed by atoms with Gasteiger partial charge in [-0.2, -0.15) is 0 Å². The number of para-hydroxylation sites is 1. The third-order valence-electron chi connectivity index (χ3n) is 5.14. The van der Waals surface area contributed by atoms with Crippen molar-refractivity contribution < 1.29 is 5.11 Å². The fraction of sp³-hybridized carbons (Fsp3) is 0.571. The van der Waals surface area contributed by atoms with Gasteiger partial charge in [0, 0.05) is 43.7 Å². The Balaban J connectivity index is 1.81. The number of hydrogen-bond donors (Lipinski definition) is 2. The van der Waals surface area contributed by atoms with Gasteiger partial charge in [0.15, 0.2) is 0 Å². The van der Waals surface area contributed by atoms with Gasteiger partial charge < -0.3 is 15.3 Å². The minimum atomic E-state index is 0.102. The van der Waals surface area contributed by atoms with Gasteiger partial charge in [-0.05, 0) is 43.2 Å². The number of fused-ring (bicyclic) bond motifs is 1. The lowest BCUT2D eigenvalue weighted by Gasteiger charge is -2.30. The van der Waals surface area contributed by atoms with Gasteiger partial charge in [0.1, 0.15) is 5.82 Å². The number of piperidine rings is 1. The van der Waals surface area contributed by atoms with E-state index in [2.05, 4.69) is 54.4 Å². The second-order valence-electron chi connectivity index (χ2n) is 7.95. The van der Waals surface area contributed by atoms with Crippen molar-refractivity contribution >= 4 is 16.7 Å². The van der Waals surface area contributed by atoms with Crippen LogP contribution in [0.1, 0.15) is 45.1 Å². The van der Waals surface area contributed by atoms with Crippen molar-refractivity contribution in [1.82, 2.24) is 10.3 Å². The predicted molar refractivity (Wildman–Crippen MR) is 105 cm³/mol. The fourth-order valence-electron chi connectivity index (χ4n) is 3.59. The zero-order chi connectivity index (χ0) is 17.7. The first-order valence-corrected chi connectivity index (χ1v) is 9.54. The van der Waals surface area contributed by atoms with E-state index >= 15 is 0 Å². The van der Waals surface area contributed by atoms with Gasteiger partial charge in [-0.3, -0.25) is 0 Å². The molecule has 2 N–H and O–H groups in total. The molecular weight excluding hydrogens is 310 g/mol. The zero-order valence-corrected chi connectivity index (χ0v) is 15.6. The van der Waals surface area contributed by atoms with Crippen molar-refractivity contribution in [3.8, 4) is 0 Å². The van der Waals surface area contributed by atoms with E-state index in [1.165, 1.54) is 30.2 Å². The number of rotatable bonds is 7. The standard InChI is InChI=1S/C21H31N3O/c1-21(2,10-13-25)16-22-15-18-14-17-8-4-5-9-19(17)23-20(18)24-11-6-3-7-12-24/h4-5,8-9,14,22,25H,3,6-7,10-13,15-16H2,1-2H3. The molecule has 0 atom stereocenters. The molecule has 0 saturated carbocycles. The van der Waals surface area contributed by atoms with Crippen LogP contribution in [0.15, 0.2) is 30.3 Å². The Morgan fingerprint density at radius 2 is 1.92 bits per heavy atom. The van der Waals surface area contributed by atoms with Gasteiger partial charge >= 0.3 is 0 Å². The Bertz CT molecular complexity index is 693. The lowest BCUT2D eigenvalue weighted by Crippen LogP contribution is -2.33. The minimum Gasteiger partial charge on any atom is -0.396 e. The SMILES string of the molecule is CC(C)(CCO)CNCc1cc2ccccc2nc1N1CCCCC1. The molecule has 0 aliphatic carbocycles. The van der Waals surface area contributed by atoms with Crippen molar-refractivity contribution in [2.45, 2.75) is 46.1 Å². The van der Waals surface area contributed by atoms with Crippen LogP contribution in [-0.2, 0) is 6.54 Å². The van der Waals surface area contributed by atoms with Crippen molar-refractivity contribution in [2.24, 2.45) is 5.41 Å². The molecule has 0 spiro atoms. The maximum absolute atomic E-state index is 9.21. The molecule has 2 heterocycles. The number of benzene rings is 1. The average molecular weight is 341 g/mol. The highest BCUT2D eigenvalue weighted by atomic mass is 16.3. The van der Waals surface area contributed by atoms with E-state index in [0.717, 1.165) is 43.9 Å². The molecule has 136 valence electrons. The smallest absolute Gasteiger partial charge is 0.133 e. The Hall–Kier alpha value is -1.65. The van der Waals surface area contributed by atoms with E-state index in [1.807, 2.05) is 0 Å². The quantitative estimate of drug-likeness (QED) is 0.806. The summed E-state index contributed by atoms with van der Waals surface area (Å²) in [5, 5.41) is 14.0. The molecule has 3 rings (SSSR count). The number of nitrogens with zero attached hydrogens (tertiary/aromatic N) is 2. The van der Waals surface area contributed by atoms with E-state index in [1.54, 1.807) is 0 Å². The highest BCUT2D eigenvalue weighted by molar-refractivity contribution is 5.81. The Morgan fingerprint density at radius 1 is 1.16 bits per heavy atom. The molecule has 0 radical (unpaired) electrons. The molecular formula is C21H31N3O. The molecule has 1 fully saturated rings. The van der Waals surface area contributed by atoms with Crippen molar-refractivity contribution in [1.29, 1.82) is 0 Å². The maximum Gasteiger partial charge on any atom is 0.133 e. The number of hydrogen-bond acceptors (Lipinski definition) is 4. The second-order valence-corrected chi connectivity index (χ2v) is 7.95. The molecule has 1 saturated heterocycles. The molecule has 1 aromatic heterocycles. The van der Waals surface area contributed by atoms with Crippen LogP contribution in [0.5, 0.6) is 0 Å². The number of nitrogens with one attached hydrogen (secondary N) is 1. The van der Waals surface area contributed by atoms with E-state index in [9.17, 15) is 5.11 Å². The molecule has 1 aromatic carbocycles. The summed E-state index contributed by atoms with van der Waals surface area (Å²) in [6, 6.07) is 10.7. The summed E-state index contributed by atoms with van der Waals surface area (Å²) in [5.41, 5.74) is 2.46. The van der Waals surface area contributed by atoms with E-state index in [4.69, 9.17) is 4.98 Å². The average Bonchev–Trinajstić information content (AvgIpc) is 2.61. The van der Waals surface area contributed by atoms with Crippen LogP contribution in [0.4, 0.5) is 5.82 Å². The largest absolute Gasteiger partial charge is 0.396 e. The summed E-state index contributed by atoms with van der Waals surface area (Å²) >= 11 is 0. The van der Waals surface area contributed by atoms with Crippen molar-refractivity contribution in [3.63, 3.8) is 0 Å². The Labute approximate surface area is 151 Å². The van der Waals surface area contributed by atoms with Gasteiger partial charge in [-0.25, -0.2) is 4.98 Å². The topological polar surface area (TPSA) is 48.4 Å². The zero-order valence-electron chi connectivity index (χ0n) is 15.6. The summed E-state index contributed by atoms with van der Waals surface area (Å²) < 4.78 is 0. The molecule has 0 bridgehead atoms. The van der Waals surface area contributed by atoms with Crippen LogP contribution in [0, 0.1) is 5.41 Å². The first-order chi connectivity index (χ1) is 12.1. The van der Waals surface area contributed by atoms with Gasteiger partial charge in [0.2, 0.25) is 0 Å². The summed E-state index contributed by atoms with van der Waals surface area (Å²) in [6.07, 6.45) is 4.65. The number of pyridine rings is 1. The molecule has 4 nitrogen and oxygen atoms in total. The minimum absolute atomic E-state index is 0.102. The van der Waals surface area contributed by atoms with Crippen molar-refractivity contribution in [3.05, 3.63) is 35.9 Å². The van der Waals surface area contributed by atoms with Crippen LogP contribution >= 0.6 is 0 Å². The normalized spacial score (nSPS) is 15.7. The third-order valence-corrected chi connectivity index (χ3v) is 5.14. The molecule has 25 heavy (non-hydrogen) atoms. The predicted octanol–water partition coefficient (Wildman–Crippen LogP) is 3.72. The summed E-state index contributed by atoms with van der Waals surface area (Å²) in [4.78, 5) is 7.45. The van der Waals surface area contributed by atoms with Crippen LogP contribution in [0.3, 0.4) is 0 Å². The lowest BCUT2D eigenvalue weighted by atomic mass is 9.90. The van der Waals surface area contributed by atoms with Gasteiger partial charge in [-0.15, -0.1) is 0 Å². The molecule has 0 unspecified atom stereocenters. The molecule has 1 aliphatic rings. The van der Waals surface area contributed by atoms with Gasteiger partial charge in [-0.1, -0.05) is 32.0 Å².